The maximum atomic E-state index is 6.64. The van der Waals surface area contributed by atoms with Gasteiger partial charge < -0.3 is 18.0 Å². The third kappa shape index (κ3) is 7.13. The maximum absolute atomic E-state index is 6.64. The summed E-state index contributed by atoms with van der Waals surface area (Å²) in [6.45, 7) is 0. The molecule has 18 aromatic rings. The van der Waals surface area contributed by atoms with Gasteiger partial charge in [-0.25, -0.2) is 15.0 Å². The van der Waals surface area contributed by atoms with Gasteiger partial charge in [0.05, 0.1) is 22.1 Å². The van der Waals surface area contributed by atoms with Crippen LogP contribution >= 0.6 is 11.3 Å². The minimum absolute atomic E-state index is 0.546. The predicted molar refractivity (Wildman–Crippen MR) is 343 cm³/mol. The van der Waals surface area contributed by atoms with Crippen molar-refractivity contribution in [1.82, 2.24) is 24.1 Å². The molecule has 12 aromatic carbocycles. The van der Waals surface area contributed by atoms with Gasteiger partial charge in [-0.15, -0.1) is 11.3 Å². The average molecular weight is 1080 g/mol. The average Bonchev–Trinajstić information content (AvgIpc) is 4.53. The van der Waals surface area contributed by atoms with E-state index in [1.807, 2.05) is 53.8 Å². The highest BCUT2D eigenvalue weighted by molar-refractivity contribution is 7.25. The Hall–Kier alpha value is -10.9. The number of nitrogens with zero attached hydrogens (tertiary/aromatic N) is 5. The molecular formula is C75H43N5O2S. The molecule has 0 unspecified atom stereocenters. The highest BCUT2D eigenvalue weighted by atomic mass is 32.1. The van der Waals surface area contributed by atoms with Crippen molar-refractivity contribution < 1.29 is 8.83 Å². The molecule has 0 saturated carbocycles. The van der Waals surface area contributed by atoms with Gasteiger partial charge in [-0.05, 0) is 131 Å². The maximum Gasteiger partial charge on any atom is 0.164 e. The second-order valence-corrected chi connectivity index (χ2v) is 22.6. The zero-order chi connectivity index (χ0) is 54.3. The molecule has 0 saturated heterocycles. The van der Waals surface area contributed by atoms with Crippen LogP contribution < -0.4 is 0 Å². The molecule has 8 heteroatoms. The third-order valence-electron chi connectivity index (χ3n) is 16.8. The number of rotatable bonds is 7. The fourth-order valence-corrected chi connectivity index (χ4v) is 14.0. The summed E-state index contributed by atoms with van der Waals surface area (Å²) in [4.78, 5) is 15.7. The lowest BCUT2D eigenvalue weighted by Crippen LogP contribution is -2.00. The zero-order valence-electron chi connectivity index (χ0n) is 44.3. The van der Waals surface area contributed by atoms with E-state index in [1.165, 1.54) is 63.9 Å². The lowest BCUT2D eigenvalue weighted by Gasteiger charge is -2.09. The summed E-state index contributed by atoms with van der Waals surface area (Å²) in [5, 5.41) is 11.4. The predicted octanol–water partition coefficient (Wildman–Crippen LogP) is 20.6. The lowest BCUT2D eigenvalue weighted by molar-refractivity contribution is 0.668. The first-order valence-electron chi connectivity index (χ1n) is 27.9. The van der Waals surface area contributed by atoms with Crippen molar-refractivity contribution in [3.63, 3.8) is 0 Å². The molecule has 386 valence electrons. The van der Waals surface area contributed by atoms with Gasteiger partial charge in [-0.1, -0.05) is 152 Å². The van der Waals surface area contributed by atoms with Gasteiger partial charge in [-0.2, -0.15) is 0 Å². The van der Waals surface area contributed by atoms with E-state index in [-0.39, 0.29) is 0 Å². The van der Waals surface area contributed by atoms with Crippen molar-refractivity contribution in [1.29, 1.82) is 0 Å². The van der Waals surface area contributed by atoms with E-state index < -0.39 is 0 Å². The Morgan fingerprint density at radius 3 is 1.58 bits per heavy atom. The Morgan fingerprint density at radius 1 is 0.265 bits per heavy atom. The largest absolute Gasteiger partial charge is 0.456 e. The topological polar surface area (TPSA) is 74.8 Å². The van der Waals surface area contributed by atoms with Crippen molar-refractivity contribution in [2.24, 2.45) is 0 Å². The fraction of sp³-hybridized carbons (Fsp3) is 0. The summed E-state index contributed by atoms with van der Waals surface area (Å²) in [6, 6.07) is 92.7. The molecule has 0 aliphatic heterocycles. The molecule has 0 spiro atoms. The molecule has 0 aliphatic rings. The van der Waals surface area contributed by atoms with Crippen LogP contribution in [-0.2, 0) is 0 Å². The molecule has 7 nitrogen and oxygen atoms in total. The molecule has 0 radical (unpaired) electrons. The van der Waals surface area contributed by atoms with Crippen LogP contribution in [0, 0.1) is 0 Å². The molecule has 0 bridgehead atoms. The van der Waals surface area contributed by atoms with Crippen LogP contribution in [0.4, 0.5) is 0 Å². The fourth-order valence-electron chi connectivity index (χ4n) is 12.9. The summed E-state index contributed by atoms with van der Waals surface area (Å²) in [5.74, 6) is 1.68. The second kappa shape index (κ2) is 17.8. The SMILES string of the molecule is c1ccc(-c2nc(-c3ccc4c(c3)oc3ccc(-n5c6ccccc6c6ccccc65)cc34)nc(-c3cccc4oc5ccc(-c6ccc7sc8cc(-c9ccc%10c(c9)c9ccccc9n%10-c9ccccc9)ccc8c7c6)cc5c34)n2)cc1. The van der Waals surface area contributed by atoms with Crippen molar-refractivity contribution in [2.75, 3.05) is 0 Å². The van der Waals surface area contributed by atoms with Gasteiger partial charge >= 0.3 is 0 Å². The van der Waals surface area contributed by atoms with Crippen LogP contribution in [0.2, 0.25) is 0 Å². The molecule has 83 heavy (non-hydrogen) atoms. The van der Waals surface area contributed by atoms with E-state index in [0.29, 0.717) is 17.5 Å². The Labute approximate surface area is 477 Å². The van der Waals surface area contributed by atoms with Crippen molar-refractivity contribution in [3.05, 3.63) is 261 Å². The number of fused-ring (bicyclic) bond motifs is 15. The minimum atomic E-state index is 0.546. The highest BCUT2D eigenvalue weighted by Crippen LogP contribution is 2.44. The first-order chi connectivity index (χ1) is 41.1. The van der Waals surface area contributed by atoms with E-state index in [2.05, 4.69) is 228 Å². The number of thiophene rings is 1. The molecule has 0 N–H and O–H groups in total. The molecule has 6 aromatic heterocycles. The quantitative estimate of drug-likeness (QED) is 0.159. The molecule has 0 aliphatic carbocycles. The molecule has 0 atom stereocenters. The number of hydrogen-bond acceptors (Lipinski definition) is 6. The minimum Gasteiger partial charge on any atom is -0.456 e. The number of hydrogen-bond donors (Lipinski definition) is 0. The molecule has 0 amide bonds. The smallest absolute Gasteiger partial charge is 0.164 e. The first kappa shape index (κ1) is 45.9. The number of furan rings is 2. The molecule has 0 fully saturated rings. The van der Waals surface area contributed by atoms with Crippen LogP contribution in [0.25, 0.3) is 175 Å². The Balaban J connectivity index is 0.717. The Morgan fingerprint density at radius 2 is 0.807 bits per heavy atom. The van der Waals surface area contributed by atoms with Gasteiger partial charge in [0.1, 0.15) is 22.3 Å². The summed E-state index contributed by atoms with van der Waals surface area (Å²) in [6.07, 6.45) is 0. The summed E-state index contributed by atoms with van der Waals surface area (Å²) in [5.41, 5.74) is 17.3. The van der Waals surface area contributed by atoms with Crippen molar-refractivity contribution >= 4 is 119 Å². The standard InChI is InChI=1S/C75H43N5O2S/c1-3-14-44(15-4-1)73-76-74(49-27-32-55-59-43-51(31-36-66(59)82-69(55)41-49)80-62-22-10-7-18-52(62)53-19-8-11-23-63(53)80)78-75(77-73)57-21-13-25-68-72(57)61-40-46(29-35-67(61)81-68)47-30-37-70-60(39-47)56-33-26-48(42-71(56)83-70)45-28-34-65-58(38-45)54-20-9-12-24-64(54)79(65)50-16-5-2-6-17-50/h1-43H. The zero-order valence-corrected chi connectivity index (χ0v) is 45.1. The van der Waals surface area contributed by atoms with Gasteiger partial charge in [0.15, 0.2) is 17.5 Å². The monoisotopic (exact) mass is 1080 g/mol. The van der Waals surface area contributed by atoms with Crippen LogP contribution in [0.3, 0.4) is 0 Å². The Kier molecular flexibility index (Phi) is 9.83. The number of benzene rings is 12. The second-order valence-electron chi connectivity index (χ2n) is 21.5. The van der Waals surface area contributed by atoms with E-state index in [4.69, 9.17) is 23.8 Å². The summed E-state index contributed by atoms with van der Waals surface area (Å²) >= 11 is 1.84. The van der Waals surface area contributed by atoms with E-state index in [0.717, 1.165) is 94.1 Å². The lowest BCUT2D eigenvalue weighted by atomic mass is 9.98. The van der Waals surface area contributed by atoms with Gasteiger partial charge in [0, 0.05) is 91.3 Å². The Bertz CT molecular complexity index is 5660. The van der Waals surface area contributed by atoms with E-state index >= 15 is 0 Å². The van der Waals surface area contributed by atoms with E-state index in [1.54, 1.807) is 0 Å². The molecular weight excluding hydrogens is 1030 g/mol. The van der Waals surface area contributed by atoms with Gasteiger partial charge in [0.2, 0.25) is 0 Å². The van der Waals surface area contributed by atoms with Crippen molar-refractivity contribution in [2.45, 2.75) is 0 Å². The van der Waals surface area contributed by atoms with Crippen LogP contribution in [0.1, 0.15) is 0 Å². The third-order valence-corrected chi connectivity index (χ3v) is 17.9. The number of aromatic nitrogens is 5. The van der Waals surface area contributed by atoms with Gasteiger partial charge in [-0.3, -0.25) is 0 Å². The van der Waals surface area contributed by atoms with Crippen LogP contribution in [0.5, 0.6) is 0 Å². The van der Waals surface area contributed by atoms with Gasteiger partial charge in [0.25, 0.3) is 0 Å². The molecule has 6 heterocycles. The highest BCUT2D eigenvalue weighted by Gasteiger charge is 2.22. The number of para-hydroxylation sites is 4. The van der Waals surface area contributed by atoms with Crippen LogP contribution in [0.15, 0.2) is 270 Å². The molecule has 18 rings (SSSR count). The first-order valence-corrected chi connectivity index (χ1v) is 28.7. The summed E-state index contributed by atoms with van der Waals surface area (Å²) < 4.78 is 20.5. The van der Waals surface area contributed by atoms with E-state index in [9.17, 15) is 0 Å². The normalized spacial score (nSPS) is 12.1. The van der Waals surface area contributed by atoms with Crippen molar-refractivity contribution in [3.8, 4) is 67.8 Å². The summed E-state index contributed by atoms with van der Waals surface area (Å²) in [7, 11) is 0. The van der Waals surface area contributed by atoms with Crippen LogP contribution in [-0.4, -0.2) is 24.1 Å².